The summed E-state index contributed by atoms with van der Waals surface area (Å²) in [5.74, 6) is -0.892. The summed E-state index contributed by atoms with van der Waals surface area (Å²) in [4.78, 5) is 0. The average Bonchev–Trinajstić information content (AvgIpc) is 3.00. The first-order chi connectivity index (χ1) is 12.2. The summed E-state index contributed by atoms with van der Waals surface area (Å²) in [5, 5.41) is 0. The molecule has 0 radical (unpaired) electrons. The molecule has 7 nitrogen and oxygen atoms in total. The highest BCUT2D eigenvalue weighted by Gasteiger charge is 2.67. The summed E-state index contributed by atoms with van der Waals surface area (Å²) in [6.45, 7) is 5.62. The zero-order chi connectivity index (χ0) is 19.0. The van der Waals surface area contributed by atoms with Crippen LogP contribution in [-0.2, 0) is 39.9 Å². The summed E-state index contributed by atoms with van der Waals surface area (Å²) in [6.07, 6.45) is 0.120. The second-order valence-corrected chi connectivity index (χ2v) is 8.82. The molecule has 0 aliphatic carbocycles. The normalized spacial score (nSPS) is 33.3. The fourth-order valence-corrected chi connectivity index (χ4v) is 3.88. The summed E-state index contributed by atoms with van der Waals surface area (Å²) < 4.78 is 52.4. The van der Waals surface area contributed by atoms with E-state index < -0.39 is 33.9 Å². The van der Waals surface area contributed by atoms with Gasteiger partial charge in [-0.15, -0.1) is 0 Å². The van der Waals surface area contributed by atoms with E-state index in [9.17, 15) is 8.42 Å². The third kappa shape index (κ3) is 4.11. The molecular formula is C18H26O7S. The van der Waals surface area contributed by atoms with Gasteiger partial charge in [-0.25, -0.2) is 0 Å². The van der Waals surface area contributed by atoms with Gasteiger partial charge in [-0.3, -0.25) is 4.18 Å². The number of ether oxygens (including phenoxy) is 4. The Kier molecular flexibility index (Phi) is 5.45. The Labute approximate surface area is 154 Å². The Morgan fingerprint density at radius 1 is 1.19 bits per heavy atom. The van der Waals surface area contributed by atoms with Crippen LogP contribution in [-0.4, -0.2) is 51.2 Å². The van der Waals surface area contributed by atoms with Crippen molar-refractivity contribution in [3.8, 4) is 0 Å². The largest absolute Gasteiger partial charge is 0.345 e. The van der Waals surface area contributed by atoms with Gasteiger partial charge in [0, 0.05) is 0 Å². The van der Waals surface area contributed by atoms with Crippen molar-refractivity contribution in [1.82, 2.24) is 0 Å². The fraction of sp³-hybridized carbons (Fsp3) is 0.667. The van der Waals surface area contributed by atoms with Crippen molar-refractivity contribution in [2.45, 2.75) is 63.7 Å². The second-order valence-electron chi connectivity index (χ2n) is 7.17. The van der Waals surface area contributed by atoms with E-state index in [4.69, 9.17) is 23.1 Å². The lowest BCUT2D eigenvalue weighted by atomic mass is 9.95. The lowest BCUT2D eigenvalue weighted by Crippen LogP contribution is -2.52. The van der Waals surface area contributed by atoms with Gasteiger partial charge < -0.3 is 18.9 Å². The molecule has 0 aromatic heterocycles. The second kappa shape index (κ2) is 7.18. The maximum absolute atomic E-state index is 11.6. The molecule has 4 atom stereocenters. The number of fused-ring (bicyclic) bond motifs is 1. The lowest BCUT2D eigenvalue weighted by molar-refractivity contribution is -0.267. The summed E-state index contributed by atoms with van der Waals surface area (Å²) in [5.41, 5.74) is -0.174. The van der Waals surface area contributed by atoms with Crippen molar-refractivity contribution in [1.29, 1.82) is 0 Å². The Balaban J connectivity index is 1.85. The molecule has 2 aliphatic heterocycles. The number of hydrogen-bond donors (Lipinski definition) is 0. The summed E-state index contributed by atoms with van der Waals surface area (Å²) in [7, 11) is -3.65. The van der Waals surface area contributed by atoms with E-state index in [0.717, 1.165) is 11.8 Å². The third-order valence-corrected chi connectivity index (χ3v) is 5.05. The van der Waals surface area contributed by atoms with Crippen LogP contribution in [0, 0.1) is 0 Å². The standard InChI is InChI=1S/C18H26O7S/c1-5-14-15-18(12-22-26(4,19)20,25-17(2,3)24-15)16(23-14)21-11-13-9-7-6-8-10-13/h6-10,14-16H,5,11-12H2,1-4H3/t14-,15-,16-,18-/m1/s1. The van der Waals surface area contributed by atoms with Crippen LogP contribution in [0.5, 0.6) is 0 Å². The minimum atomic E-state index is -3.65. The Bertz CT molecular complexity index is 718. The van der Waals surface area contributed by atoms with Crippen LogP contribution in [0.1, 0.15) is 32.8 Å². The van der Waals surface area contributed by atoms with E-state index >= 15 is 0 Å². The monoisotopic (exact) mass is 386 g/mol. The van der Waals surface area contributed by atoms with Crippen LogP contribution >= 0.6 is 0 Å². The van der Waals surface area contributed by atoms with Gasteiger partial charge in [-0.2, -0.15) is 8.42 Å². The van der Waals surface area contributed by atoms with E-state index in [1.807, 2.05) is 37.3 Å². The van der Waals surface area contributed by atoms with Crippen molar-refractivity contribution in [3.63, 3.8) is 0 Å². The molecule has 0 spiro atoms. The highest BCUT2D eigenvalue weighted by atomic mass is 32.2. The molecule has 2 fully saturated rings. The van der Waals surface area contributed by atoms with E-state index in [1.54, 1.807) is 13.8 Å². The molecule has 3 rings (SSSR count). The number of hydrogen-bond acceptors (Lipinski definition) is 7. The van der Waals surface area contributed by atoms with Crippen LogP contribution < -0.4 is 0 Å². The highest BCUT2D eigenvalue weighted by Crippen LogP contribution is 2.48. The van der Waals surface area contributed by atoms with Crippen LogP contribution in [0.2, 0.25) is 0 Å². The van der Waals surface area contributed by atoms with E-state index in [-0.39, 0.29) is 12.7 Å². The molecule has 2 aliphatic rings. The quantitative estimate of drug-likeness (QED) is 0.665. The first-order valence-electron chi connectivity index (χ1n) is 8.68. The van der Waals surface area contributed by atoms with Crippen LogP contribution in [0.4, 0.5) is 0 Å². The maximum Gasteiger partial charge on any atom is 0.264 e. The molecule has 1 aromatic rings. The van der Waals surface area contributed by atoms with Gasteiger partial charge in [-0.05, 0) is 25.8 Å². The van der Waals surface area contributed by atoms with Crippen LogP contribution in [0.25, 0.3) is 0 Å². The summed E-state index contributed by atoms with van der Waals surface area (Å²) in [6, 6.07) is 9.66. The maximum atomic E-state index is 11.6. The third-order valence-electron chi connectivity index (χ3n) is 4.51. The number of rotatable bonds is 7. The minimum absolute atomic E-state index is 0.226. The molecule has 0 amide bonds. The number of benzene rings is 1. The molecule has 0 N–H and O–H groups in total. The lowest BCUT2D eigenvalue weighted by Gasteiger charge is -2.32. The molecule has 1 aromatic carbocycles. The van der Waals surface area contributed by atoms with Crippen LogP contribution in [0.15, 0.2) is 30.3 Å². The van der Waals surface area contributed by atoms with Crippen molar-refractivity contribution in [2.75, 3.05) is 12.9 Å². The Morgan fingerprint density at radius 3 is 2.50 bits per heavy atom. The fourth-order valence-electron chi connectivity index (χ4n) is 3.48. The molecular weight excluding hydrogens is 360 g/mol. The first-order valence-corrected chi connectivity index (χ1v) is 10.5. The molecule has 0 bridgehead atoms. The van der Waals surface area contributed by atoms with Crippen molar-refractivity contribution in [2.24, 2.45) is 0 Å². The van der Waals surface area contributed by atoms with Crippen molar-refractivity contribution in [3.05, 3.63) is 35.9 Å². The van der Waals surface area contributed by atoms with E-state index in [1.165, 1.54) is 0 Å². The topological polar surface area (TPSA) is 80.3 Å². The zero-order valence-electron chi connectivity index (χ0n) is 15.5. The molecule has 8 heteroatoms. The highest BCUT2D eigenvalue weighted by molar-refractivity contribution is 7.85. The van der Waals surface area contributed by atoms with Crippen LogP contribution in [0.3, 0.4) is 0 Å². The van der Waals surface area contributed by atoms with Gasteiger partial charge >= 0.3 is 0 Å². The molecule has 0 unspecified atom stereocenters. The van der Waals surface area contributed by atoms with Gasteiger partial charge in [-0.1, -0.05) is 37.3 Å². The predicted octanol–water partition coefficient (Wildman–Crippen LogP) is 2.20. The van der Waals surface area contributed by atoms with Gasteiger partial charge in [0.2, 0.25) is 0 Å². The first kappa shape index (κ1) is 19.7. The minimum Gasteiger partial charge on any atom is -0.345 e. The molecule has 26 heavy (non-hydrogen) atoms. The SMILES string of the molecule is CC[C@H]1O[C@@H](OCc2ccccc2)[C@]2(COS(C)(=O)=O)OC(C)(C)O[C@H]12. The zero-order valence-corrected chi connectivity index (χ0v) is 16.3. The van der Waals surface area contributed by atoms with Gasteiger partial charge in [0.1, 0.15) is 12.7 Å². The van der Waals surface area contributed by atoms with E-state index in [2.05, 4.69) is 0 Å². The smallest absolute Gasteiger partial charge is 0.264 e. The Morgan fingerprint density at radius 2 is 1.88 bits per heavy atom. The van der Waals surface area contributed by atoms with Gasteiger partial charge in [0.05, 0.1) is 19.0 Å². The van der Waals surface area contributed by atoms with Gasteiger partial charge in [0.25, 0.3) is 10.1 Å². The van der Waals surface area contributed by atoms with E-state index in [0.29, 0.717) is 13.0 Å². The van der Waals surface area contributed by atoms with Gasteiger partial charge in [0.15, 0.2) is 17.7 Å². The Hall–Kier alpha value is -1.03. The molecule has 0 saturated carbocycles. The van der Waals surface area contributed by atoms with Crippen molar-refractivity contribution < 1.29 is 31.5 Å². The molecule has 146 valence electrons. The van der Waals surface area contributed by atoms with Crippen molar-refractivity contribution >= 4 is 10.1 Å². The molecule has 2 heterocycles. The molecule has 2 saturated heterocycles. The average molecular weight is 386 g/mol. The predicted molar refractivity (Wildman–Crippen MR) is 93.7 cm³/mol. The summed E-state index contributed by atoms with van der Waals surface area (Å²) >= 11 is 0.